The number of hydrogen-bond donors (Lipinski definition) is 1. The van der Waals surface area contributed by atoms with E-state index in [4.69, 9.17) is 0 Å². The highest BCUT2D eigenvalue weighted by Gasteiger charge is 2.56. The summed E-state index contributed by atoms with van der Waals surface area (Å²) in [6, 6.07) is 13.6. The number of amides is 1. The lowest BCUT2D eigenvalue weighted by Gasteiger charge is -2.32. The summed E-state index contributed by atoms with van der Waals surface area (Å²) in [5.74, 6) is 0.555. The lowest BCUT2D eigenvalue weighted by molar-refractivity contribution is -0.135. The molecule has 1 saturated carbocycles. The fourth-order valence-electron chi connectivity index (χ4n) is 5.55. The Morgan fingerprint density at radius 1 is 1.12 bits per heavy atom. The Hall–Kier alpha value is -2.70. The molecule has 6 heteroatoms. The molecule has 5 rings (SSSR count). The van der Waals surface area contributed by atoms with Crippen LogP contribution in [-0.4, -0.2) is 58.7 Å². The van der Waals surface area contributed by atoms with Gasteiger partial charge in [0.15, 0.2) is 0 Å². The zero-order chi connectivity index (χ0) is 22.4. The third kappa shape index (κ3) is 3.61. The maximum Gasteiger partial charge on any atom is 0.258 e. The quantitative estimate of drug-likeness (QED) is 0.760. The van der Waals surface area contributed by atoms with Crippen LogP contribution in [0.25, 0.3) is 12.2 Å². The summed E-state index contributed by atoms with van der Waals surface area (Å²) < 4.78 is 1.87. The fourth-order valence-corrected chi connectivity index (χ4v) is 5.55. The molecule has 168 valence electrons. The third-order valence-corrected chi connectivity index (χ3v) is 7.33. The van der Waals surface area contributed by atoms with Crippen LogP contribution in [-0.2, 0) is 11.3 Å². The molecule has 0 radical (unpaired) electrons. The van der Waals surface area contributed by atoms with Gasteiger partial charge in [-0.1, -0.05) is 36.4 Å². The van der Waals surface area contributed by atoms with Gasteiger partial charge in [-0.25, -0.2) is 0 Å². The number of pyridine rings is 1. The average molecular weight is 434 g/mol. The summed E-state index contributed by atoms with van der Waals surface area (Å²) in [6.45, 7) is 1.36. The number of likely N-dealkylation sites (tertiary alicyclic amines) is 1. The van der Waals surface area contributed by atoms with Gasteiger partial charge in [0, 0.05) is 56.9 Å². The van der Waals surface area contributed by atoms with Gasteiger partial charge >= 0.3 is 0 Å². The number of nitrogens with zero attached hydrogens (tertiary/aromatic N) is 3. The minimum atomic E-state index is -0.327. The molecule has 1 aromatic carbocycles. The van der Waals surface area contributed by atoms with Gasteiger partial charge in [0.25, 0.3) is 5.56 Å². The van der Waals surface area contributed by atoms with Crippen molar-refractivity contribution in [2.45, 2.75) is 31.5 Å². The molecule has 1 saturated heterocycles. The van der Waals surface area contributed by atoms with E-state index < -0.39 is 0 Å². The number of carbonyl (C=O) groups excluding carboxylic acids is 1. The molecular weight excluding hydrogens is 402 g/mol. The maximum absolute atomic E-state index is 13.3. The Balaban J connectivity index is 1.51. The van der Waals surface area contributed by atoms with Crippen molar-refractivity contribution in [1.29, 1.82) is 0 Å². The Labute approximate surface area is 188 Å². The summed E-state index contributed by atoms with van der Waals surface area (Å²) in [6.07, 6.45) is 6.22. The van der Waals surface area contributed by atoms with Gasteiger partial charge in [-0.3, -0.25) is 14.5 Å². The van der Waals surface area contributed by atoms with E-state index in [0.717, 1.165) is 17.8 Å². The number of fused-ring (bicyclic) bond motifs is 3. The normalized spacial score (nSPS) is 27.0. The van der Waals surface area contributed by atoms with Crippen LogP contribution in [0.5, 0.6) is 0 Å². The van der Waals surface area contributed by atoms with Crippen LogP contribution in [0.4, 0.5) is 0 Å². The zero-order valence-corrected chi connectivity index (χ0v) is 18.7. The Morgan fingerprint density at radius 2 is 1.88 bits per heavy atom. The maximum atomic E-state index is 13.3. The van der Waals surface area contributed by atoms with Crippen molar-refractivity contribution in [3.63, 3.8) is 0 Å². The van der Waals surface area contributed by atoms with Gasteiger partial charge in [-0.15, -0.1) is 0 Å². The first-order chi connectivity index (χ1) is 15.5. The van der Waals surface area contributed by atoms with Gasteiger partial charge < -0.3 is 14.6 Å². The molecule has 3 heterocycles. The number of hydrogen-bond acceptors (Lipinski definition) is 4. The second-order valence-corrected chi connectivity index (χ2v) is 9.65. The van der Waals surface area contributed by atoms with Crippen molar-refractivity contribution in [3.05, 3.63) is 69.6 Å². The molecule has 2 aliphatic heterocycles. The molecule has 1 amide bonds. The van der Waals surface area contributed by atoms with Crippen LogP contribution in [0, 0.1) is 17.8 Å². The summed E-state index contributed by atoms with van der Waals surface area (Å²) in [5, 5.41) is 10.3. The second kappa shape index (κ2) is 8.34. The van der Waals surface area contributed by atoms with Gasteiger partial charge in [-0.05, 0) is 42.5 Å². The number of carbonyl (C=O) groups is 1. The predicted molar refractivity (Wildman–Crippen MR) is 125 cm³/mol. The SMILES string of the molecule is CN(C)C(=O)[C@@H]1[C@@H](CO)[C@@H]2Cn3c(ccc(/C=C/c4ccccc4)c3=O)[C@@H]2N1CC1CC1. The van der Waals surface area contributed by atoms with Gasteiger partial charge in [0.05, 0.1) is 12.1 Å². The first kappa shape index (κ1) is 21.2. The summed E-state index contributed by atoms with van der Waals surface area (Å²) in [5.41, 5.74) is 2.69. The van der Waals surface area contributed by atoms with Crippen LogP contribution >= 0.6 is 0 Å². The molecule has 1 aromatic heterocycles. The van der Waals surface area contributed by atoms with E-state index in [1.54, 1.807) is 19.0 Å². The second-order valence-electron chi connectivity index (χ2n) is 9.65. The van der Waals surface area contributed by atoms with Crippen molar-refractivity contribution >= 4 is 18.1 Å². The molecular formula is C26H31N3O3. The van der Waals surface area contributed by atoms with Gasteiger partial charge in [0.2, 0.25) is 5.91 Å². The summed E-state index contributed by atoms with van der Waals surface area (Å²) in [7, 11) is 3.56. The molecule has 1 aliphatic carbocycles. The zero-order valence-electron chi connectivity index (χ0n) is 18.7. The Kier molecular flexibility index (Phi) is 5.51. The van der Waals surface area contributed by atoms with Crippen LogP contribution < -0.4 is 5.56 Å². The first-order valence-electron chi connectivity index (χ1n) is 11.5. The summed E-state index contributed by atoms with van der Waals surface area (Å²) >= 11 is 0. The largest absolute Gasteiger partial charge is 0.396 e. The van der Waals surface area contributed by atoms with E-state index in [9.17, 15) is 14.7 Å². The molecule has 0 bridgehead atoms. The third-order valence-electron chi connectivity index (χ3n) is 7.33. The van der Waals surface area contributed by atoms with Crippen LogP contribution in [0.1, 0.15) is 35.7 Å². The number of aliphatic hydroxyl groups is 1. The van der Waals surface area contributed by atoms with E-state index in [1.165, 1.54) is 12.8 Å². The smallest absolute Gasteiger partial charge is 0.258 e. The van der Waals surface area contributed by atoms with Crippen molar-refractivity contribution in [2.75, 3.05) is 27.2 Å². The highest BCUT2D eigenvalue weighted by atomic mass is 16.3. The van der Waals surface area contributed by atoms with Crippen molar-refractivity contribution in [3.8, 4) is 0 Å². The minimum Gasteiger partial charge on any atom is -0.396 e. The molecule has 2 aromatic rings. The standard InChI is InChI=1S/C26H31N3O3/c1-27(2)26(32)24-21(16-30)20-15-28-22(23(20)29(24)14-18-8-9-18)13-12-19(25(28)31)11-10-17-6-4-3-5-7-17/h3-7,10-13,18,20-21,23-24,30H,8-9,14-16H2,1-2H3/b11-10+/t20-,21-,23+,24-/m0/s1. The van der Waals surface area contributed by atoms with E-state index >= 15 is 0 Å². The molecule has 3 aliphatic rings. The van der Waals surface area contributed by atoms with E-state index in [0.29, 0.717) is 18.0 Å². The van der Waals surface area contributed by atoms with Crippen LogP contribution in [0.15, 0.2) is 47.3 Å². The van der Waals surface area contributed by atoms with Crippen LogP contribution in [0.3, 0.4) is 0 Å². The van der Waals surface area contributed by atoms with Gasteiger partial charge in [0.1, 0.15) is 0 Å². The Morgan fingerprint density at radius 3 is 2.53 bits per heavy atom. The van der Waals surface area contributed by atoms with E-state index in [1.807, 2.05) is 59.2 Å². The summed E-state index contributed by atoms with van der Waals surface area (Å²) in [4.78, 5) is 30.4. The fraction of sp³-hybridized carbons (Fsp3) is 0.462. The molecule has 0 spiro atoms. The molecule has 32 heavy (non-hydrogen) atoms. The van der Waals surface area contributed by atoms with Gasteiger partial charge in [-0.2, -0.15) is 0 Å². The van der Waals surface area contributed by atoms with Crippen molar-refractivity contribution in [1.82, 2.24) is 14.4 Å². The topological polar surface area (TPSA) is 65.8 Å². The Bertz CT molecular complexity index is 1090. The average Bonchev–Trinajstić information content (AvgIpc) is 3.45. The first-order valence-corrected chi connectivity index (χ1v) is 11.5. The molecule has 1 N–H and O–H groups in total. The lowest BCUT2D eigenvalue weighted by atomic mass is 9.88. The predicted octanol–water partition coefficient (Wildman–Crippen LogP) is 2.48. The number of likely N-dealkylation sites (N-methyl/N-ethyl adjacent to an activating group) is 1. The number of rotatable bonds is 6. The lowest BCUT2D eigenvalue weighted by Crippen LogP contribution is -2.48. The van der Waals surface area contributed by atoms with E-state index in [2.05, 4.69) is 4.90 Å². The van der Waals surface area contributed by atoms with E-state index in [-0.39, 0.29) is 42.0 Å². The highest BCUT2D eigenvalue weighted by molar-refractivity contribution is 5.82. The molecule has 4 atom stereocenters. The van der Waals surface area contributed by atoms with Crippen molar-refractivity contribution < 1.29 is 9.90 Å². The number of aliphatic hydroxyl groups excluding tert-OH is 1. The minimum absolute atomic E-state index is 0.00139. The highest BCUT2D eigenvalue weighted by Crippen LogP contribution is 2.50. The number of aromatic nitrogens is 1. The number of benzene rings is 1. The molecule has 0 unspecified atom stereocenters. The monoisotopic (exact) mass is 433 g/mol. The van der Waals surface area contributed by atoms with Crippen LogP contribution in [0.2, 0.25) is 0 Å². The molecule has 6 nitrogen and oxygen atoms in total. The van der Waals surface area contributed by atoms with Crippen molar-refractivity contribution in [2.24, 2.45) is 17.8 Å². The molecule has 2 fully saturated rings.